The fourth-order valence-corrected chi connectivity index (χ4v) is 2.62. The monoisotopic (exact) mass is 271 g/mol. The lowest BCUT2D eigenvalue weighted by molar-refractivity contribution is -0.139. The second-order valence-corrected chi connectivity index (χ2v) is 5.08. The molecule has 1 rings (SSSR count). The van der Waals surface area contributed by atoms with Gasteiger partial charge in [-0.1, -0.05) is 6.92 Å². The fourth-order valence-electron chi connectivity index (χ4n) is 1.60. The molecule has 0 radical (unpaired) electrons. The Morgan fingerprint density at radius 1 is 1.50 bits per heavy atom. The number of aliphatic carboxylic acids is 1. The van der Waals surface area contributed by atoms with Crippen molar-refractivity contribution in [3.8, 4) is 0 Å². The highest BCUT2D eigenvalue weighted by molar-refractivity contribution is 7.14. The fraction of sp³-hybridized carbons (Fsp3) is 0.500. The third-order valence-electron chi connectivity index (χ3n) is 2.59. The van der Waals surface area contributed by atoms with Crippen LogP contribution in [0, 0.1) is 6.92 Å². The maximum atomic E-state index is 11.9. The van der Waals surface area contributed by atoms with Gasteiger partial charge in [-0.3, -0.25) is 4.79 Å². The zero-order valence-electron chi connectivity index (χ0n) is 10.4. The highest BCUT2D eigenvalue weighted by atomic mass is 32.1. The Labute approximate surface area is 109 Å². The van der Waals surface area contributed by atoms with Crippen molar-refractivity contribution in [1.29, 1.82) is 0 Å². The first-order valence-electron chi connectivity index (χ1n) is 5.73. The number of nitrogens with one attached hydrogen (secondary N) is 1. The van der Waals surface area contributed by atoms with Gasteiger partial charge in [0.1, 0.15) is 6.04 Å². The van der Waals surface area contributed by atoms with E-state index in [0.29, 0.717) is 4.88 Å². The topological polar surface area (TPSA) is 86.6 Å². The van der Waals surface area contributed by atoms with Crippen LogP contribution in [-0.2, 0) is 11.2 Å². The number of hydrogen-bond donors (Lipinski definition) is 3. The van der Waals surface area contributed by atoms with E-state index in [1.165, 1.54) is 11.3 Å². The van der Waals surface area contributed by atoms with Crippen LogP contribution < -0.4 is 5.32 Å². The zero-order chi connectivity index (χ0) is 13.7. The first-order valence-corrected chi connectivity index (χ1v) is 6.55. The molecule has 0 aromatic carbocycles. The predicted molar refractivity (Wildman–Crippen MR) is 69.0 cm³/mol. The second-order valence-electron chi connectivity index (χ2n) is 3.95. The van der Waals surface area contributed by atoms with Crippen molar-refractivity contribution in [2.24, 2.45) is 0 Å². The van der Waals surface area contributed by atoms with Crippen LogP contribution >= 0.6 is 11.3 Å². The highest BCUT2D eigenvalue weighted by Crippen LogP contribution is 2.22. The number of hydrogen-bond acceptors (Lipinski definition) is 4. The van der Waals surface area contributed by atoms with Crippen molar-refractivity contribution in [3.05, 3.63) is 21.4 Å². The van der Waals surface area contributed by atoms with E-state index in [2.05, 4.69) is 5.32 Å². The van der Waals surface area contributed by atoms with Gasteiger partial charge in [0.25, 0.3) is 5.91 Å². The van der Waals surface area contributed by atoms with Crippen molar-refractivity contribution < 1.29 is 19.8 Å². The van der Waals surface area contributed by atoms with Crippen LogP contribution in [0.25, 0.3) is 0 Å². The van der Waals surface area contributed by atoms with Crippen molar-refractivity contribution in [1.82, 2.24) is 5.32 Å². The molecule has 0 saturated carbocycles. The molecule has 100 valence electrons. The highest BCUT2D eigenvalue weighted by Gasteiger charge is 2.21. The Kier molecular flexibility index (Phi) is 5.30. The van der Waals surface area contributed by atoms with Crippen LogP contribution in [0.15, 0.2) is 6.07 Å². The smallest absolute Gasteiger partial charge is 0.326 e. The predicted octanol–water partition coefficient (Wildman–Crippen LogP) is 1.18. The minimum atomic E-state index is -1.14. The lowest BCUT2D eigenvalue weighted by Crippen LogP contribution is -2.41. The van der Waals surface area contributed by atoms with Gasteiger partial charge in [0.2, 0.25) is 0 Å². The number of aryl methyl sites for hydroxylation is 2. The Bertz CT molecular complexity index is 441. The van der Waals surface area contributed by atoms with Gasteiger partial charge in [0.05, 0.1) is 4.88 Å². The van der Waals surface area contributed by atoms with Crippen LogP contribution in [0.1, 0.15) is 33.5 Å². The van der Waals surface area contributed by atoms with Gasteiger partial charge in [-0.2, -0.15) is 0 Å². The number of carboxylic acid groups (broad SMARTS) is 1. The molecule has 1 unspecified atom stereocenters. The molecular formula is C12H17NO4S. The quantitative estimate of drug-likeness (QED) is 0.725. The molecule has 0 aliphatic heterocycles. The Morgan fingerprint density at radius 3 is 2.61 bits per heavy atom. The van der Waals surface area contributed by atoms with E-state index in [9.17, 15) is 9.59 Å². The van der Waals surface area contributed by atoms with E-state index in [1.807, 2.05) is 13.8 Å². The molecule has 1 heterocycles. The molecule has 1 amide bonds. The lowest BCUT2D eigenvalue weighted by atomic mass is 10.2. The van der Waals surface area contributed by atoms with Crippen LogP contribution in [0.4, 0.5) is 0 Å². The Morgan fingerprint density at radius 2 is 2.17 bits per heavy atom. The van der Waals surface area contributed by atoms with Gasteiger partial charge >= 0.3 is 5.97 Å². The maximum absolute atomic E-state index is 11.9. The number of thiophene rings is 1. The third kappa shape index (κ3) is 3.54. The molecule has 0 fully saturated rings. The van der Waals surface area contributed by atoms with Gasteiger partial charge in [-0.05, 0) is 25.0 Å². The van der Waals surface area contributed by atoms with E-state index in [1.54, 1.807) is 6.07 Å². The minimum absolute atomic E-state index is 0.00602. The lowest BCUT2D eigenvalue weighted by Gasteiger charge is -2.12. The van der Waals surface area contributed by atoms with E-state index >= 15 is 0 Å². The summed E-state index contributed by atoms with van der Waals surface area (Å²) in [5.41, 5.74) is 1.04. The SMILES string of the molecule is CCc1sc(C(=O)NC(CCO)C(=O)O)cc1C. The molecule has 5 nitrogen and oxygen atoms in total. The van der Waals surface area contributed by atoms with Gasteiger partial charge in [0.15, 0.2) is 0 Å². The normalized spacial score (nSPS) is 12.2. The number of carbonyl (C=O) groups is 2. The summed E-state index contributed by atoms with van der Waals surface area (Å²) in [5, 5.41) is 20.0. The van der Waals surface area contributed by atoms with Crippen LogP contribution in [0.3, 0.4) is 0 Å². The third-order valence-corrected chi connectivity index (χ3v) is 3.97. The molecule has 0 saturated heterocycles. The summed E-state index contributed by atoms with van der Waals surface area (Å²) in [5.74, 6) is -1.54. The molecular weight excluding hydrogens is 254 g/mol. The summed E-state index contributed by atoms with van der Waals surface area (Å²) >= 11 is 1.37. The molecule has 1 aromatic rings. The number of rotatable bonds is 6. The molecule has 3 N–H and O–H groups in total. The number of aliphatic hydroxyl groups excluding tert-OH is 1. The van der Waals surface area contributed by atoms with Crippen molar-refractivity contribution in [2.45, 2.75) is 32.7 Å². The average molecular weight is 271 g/mol. The van der Waals surface area contributed by atoms with E-state index in [4.69, 9.17) is 10.2 Å². The van der Waals surface area contributed by atoms with Gasteiger partial charge in [0, 0.05) is 17.9 Å². The number of carbonyl (C=O) groups excluding carboxylic acids is 1. The van der Waals surface area contributed by atoms with Gasteiger partial charge in [-0.25, -0.2) is 4.79 Å². The van der Waals surface area contributed by atoms with E-state index in [0.717, 1.165) is 16.9 Å². The number of aliphatic hydroxyl groups is 1. The summed E-state index contributed by atoms with van der Waals surface area (Å²) in [6.07, 6.45) is 0.856. The number of carboxylic acids is 1. The summed E-state index contributed by atoms with van der Waals surface area (Å²) in [6.45, 7) is 3.65. The Hall–Kier alpha value is -1.40. The average Bonchev–Trinajstić information content (AvgIpc) is 2.69. The van der Waals surface area contributed by atoms with Crippen molar-refractivity contribution >= 4 is 23.2 Å². The van der Waals surface area contributed by atoms with Gasteiger partial charge < -0.3 is 15.5 Å². The summed E-state index contributed by atoms with van der Waals surface area (Å²) in [7, 11) is 0. The summed E-state index contributed by atoms with van der Waals surface area (Å²) in [4.78, 5) is 24.4. The first-order chi connectivity index (χ1) is 8.49. The van der Waals surface area contributed by atoms with Crippen LogP contribution in [-0.4, -0.2) is 34.7 Å². The molecule has 1 atom stereocenters. The maximum Gasteiger partial charge on any atom is 0.326 e. The molecule has 18 heavy (non-hydrogen) atoms. The van der Waals surface area contributed by atoms with Crippen LogP contribution in [0.2, 0.25) is 0 Å². The van der Waals surface area contributed by atoms with Crippen molar-refractivity contribution in [3.63, 3.8) is 0 Å². The van der Waals surface area contributed by atoms with Crippen LogP contribution in [0.5, 0.6) is 0 Å². The van der Waals surface area contributed by atoms with Gasteiger partial charge in [-0.15, -0.1) is 11.3 Å². The zero-order valence-corrected chi connectivity index (χ0v) is 11.2. The molecule has 0 spiro atoms. The molecule has 0 aliphatic rings. The number of amides is 1. The largest absolute Gasteiger partial charge is 0.480 e. The summed E-state index contributed by atoms with van der Waals surface area (Å²) < 4.78 is 0. The van der Waals surface area contributed by atoms with E-state index in [-0.39, 0.29) is 13.0 Å². The minimum Gasteiger partial charge on any atom is -0.480 e. The first kappa shape index (κ1) is 14.7. The molecule has 1 aromatic heterocycles. The standard InChI is InChI=1S/C12H17NO4S/c1-3-9-7(2)6-10(18-9)11(15)13-8(4-5-14)12(16)17/h6,8,14H,3-5H2,1-2H3,(H,13,15)(H,16,17). The molecule has 6 heteroatoms. The van der Waals surface area contributed by atoms with Crippen molar-refractivity contribution in [2.75, 3.05) is 6.61 Å². The molecule has 0 bridgehead atoms. The Balaban J connectivity index is 2.77. The summed E-state index contributed by atoms with van der Waals surface area (Å²) in [6, 6.07) is 0.714. The second kappa shape index (κ2) is 6.51. The molecule has 0 aliphatic carbocycles. The van der Waals surface area contributed by atoms with E-state index < -0.39 is 17.9 Å².